The van der Waals surface area contributed by atoms with Gasteiger partial charge in [0.2, 0.25) is 0 Å². The molecule has 2 fully saturated rings. The fourth-order valence-corrected chi connectivity index (χ4v) is 3.07. The molecule has 0 aromatic rings. The fourth-order valence-electron chi connectivity index (χ4n) is 3.07. The zero-order valence-corrected chi connectivity index (χ0v) is 10.3. The standard InChI is InChI=1S/C13H26N2/c1-11-5-6-13(12(11)2)14-7-10-15-8-3-4-9-15/h11-14H,3-10H2,1-2H3. The summed E-state index contributed by atoms with van der Waals surface area (Å²) in [4.78, 5) is 2.59. The minimum Gasteiger partial charge on any atom is -0.312 e. The third-order valence-electron chi connectivity index (χ3n) is 4.50. The van der Waals surface area contributed by atoms with Gasteiger partial charge in [0.1, 0.15) is 0 Å². The first-order chi connectivity index (χ1) is 7.27. The van der Waals surface area contributed by atoms with Crippen LogP contribution in [0.25, 0.3) is 0 Å². The van der Waals surface area contributed by atoms with E-state index in [0.717, 1.165) is 17.9 Å². The zero-order chi connectivity index (χ0) is 10.7. The molecule has 2 heteroatoms. The Morgan fingerprint density at radius 1 is 1.13 bits per heavy atom. The maximum absolute atomic E-state index is 3.75. The Balaban J connectivity index is 1.61. The monoisotopic (exact) mass is 210 g/mol. The SMILES string of the molecule is CC1CCC(NCCN2CCCC2)C1C. The third-order valence-corrected chi connectivity index (χ3v) is 4.50. The number of hydrogen-bond donors (Lipinski definition) is 1. The molecular weight excluding hydrogens is 184 g/mol. The summed E-state index contributed by atoms with van der Waals surface area (Å²) >= 11 is 0. The first kappa shape index (κ1) is 11.4. The van der Waals surface area contributed by atoms with Gasteiger partial charge in [0, 0.05) is 19.1 Å². The highest BCUT2D eigenvalue weighted by molar-refractivity contribution is 4.85. The molecule has 0 bridgehead atoms. The van der Waals surface area contributed by atoms with Crippen molar-refractivity contribution in [3.63, 3.8) is 0 Å². The van der Waals surface area contributed by atoms with Gasteiger partial charge < -0.3 is 10.2 Å². The van der Waals surface area contributed by atoms with Crippen LogP contribution in [0.2, 0.25) is 0 Å². The van der Waals surface area contributed by atoms with E-state index < -0.39 is 0 Å². The van der Waals surface area contributed by atoms with Crippen molar-refractivity contribution in [3.8, 4) is 0 Å². The highest BCUT2D eigenvalue weighted by atomic mass is 15.2. The molecule has 1 saturated carbocycles. The van der Waals surface area contributed by atoms with Crippen LogP contribution in [0.3, 0.4) is 0 Å². The quantitative estimate of drug-likeness (QED) is 0.764. The molecule has 2 nitrogen and oxygen atoms in total. The van der Waals surface area contributed by atoms with E-state index in [2.05, 4.69) is 24.1 Å². The molecular formula is C13H26N2. The van der Waals surface area contributed by atoms with Gasteiger partial charge in [-0.15, -0.1) is 0 Å². The number of nitrogens with one attached hydrogen (secondary N) is 1. The van der Waals surface area contributed by atoms with Crippen LogP contribution >= 0.6 is 0 Å². The summed E-state index contributed by atoms with van der Waals surface area (Å²) in [6.45, 7) is 9.92. The molecule has 1 heterocycles. The second kappa shape index (κ2) is 5.31. The van der Waals surface area contributed by atoms with Crippen molar-refractivity contribution in [2.75, 3.05) is 26.2 Å². The molecule has 2 aliphatic rings. The lowest BCUT2D eigenvalue weighted by Crippen LogP contribution is -2.38. The summed E-state index contributed by atoms with van der Waals surface area (Å²) in [6, 6.07) is 0.794. The fraction of sp³-hybridized carbons (Fsp3) is 1.00. The summed E-state index contributed by atoms with van der Waals surface area (Å²) in [5, 5.41) is 3.75. The maximum atomic E-state index is 3.75. The lowest BCUT2D eigenvalue weighted by molar-refractivity contribution is 0.309. The lowest BCUT2D eigenvalue weighted by Gasteiger charge is -2.22. The Morgan fingerprint density at radius 2 is 1.87 bits per heavy atom. The second-order valence-corrected chi connectivity index (χ2v) is 5.52. The zero-order valence-electron chi connectivity index (χ0n) is 10.3. The molecule has 1 aliphatic heterocycles. The second-order valence-electron chi connectivity index (χ2n) is 5.52. The highest BCUT2D eigenvalue weighted by Crippen LogP contribution is 2.30. The van der Waals surface area contributed by atoms with E-state index in [-0.39, 0.29) is 0 Å². The first-order valence-electron chi connectivity index (χ1n) is 6.73. The number of rotatable bonds is 4. The molecule has 0 aromatic carbocycles. The minimum atomic E-state index is 0.794. The molecule has 0 amide bonds. The average molecular weight is 210 g/mol. The Hall–Kier alpha value is -0.0800. The van der Waals surface area contributed by atoms with E-state index in [4.69, 9.17) is 0 Å². The van der Waals surface area contributed by atoms with Gasteiger partial charge in [-0.05, 0) is 50.6 Å². The largest absolute Gasteiger partial charge is 0.312 e. The lowest BCUT2D eigenvalue weighted by atomic mass is 9.98. The predicted molar refractivity (Wildman–Crippen MR) is 65.0 cm³/mol. The van der Waals surface area contributed by atoms with Gasteiger partial charge >= 0.3 is 0 Å². The maximum Gasteiger partial charge on any atom is 0.0107 e. The third kappa shape index (κ3) is 2.94. The van der Waals surface area contributed by atoms with Gasteiger partial charge in [-0.1, -0.05) is 13.8 Å². The van der Waals surface area contributed by atoms with E-state index in [1.54, 1.807) is 0 Å². The van der Waals surface area contributed by atoms with Crippen LogP contribution in [0.4, 0.5) is 0 Å². The first-order valence-corrected chi connectivity index (χ1v) is 6.73. The van der Waals surface area contributed by atoms with Gasteiger partial charge in [0.25, 0.3) is 0 Å². The molecule has 3 unspecified atom stereocenters. The molecule has 0 radical (unpaired) electrons. The molecule has 2 rings (SSSR count). The minimum absolute atomic E-state index is 0.794. The van der Waals surface area contributed by atoms with Crippen molar-refractivity contribution in [2.24, 2.45) is 11.8 Å². The Morgan fingerprint density at radius 3 is 2.47 bits per heavy atom. The van der Waals surface area contributed by atoms with E-state index in [1.165, 1.54) is 51.9 Å². The van der Waals surface area contributed by atoms with E-state index in [9.17, 15) is 0 Å². The van der Waals surface area contributed by atoms with Crippen molar-refractivity contribution in [3.05, 3.63) is 0 Å². The van der Waals surface area contributed by atoms with Crippen LogP contribution in [-0.2, 0) is 0 Å². The summed E-state index contributed by atoms with van der Waals surface area (Å²) < 4.78 is 0. The molecule has 0 spiro atoms. The summed E-state index contributed by atoms with van der Waals surface area (Å²) in [5.74, 6) is 1.80. The molecule has 1 N–H and O–H groups in total. The Bertz CT molecular complexity index is 187. The van der Waals surface area contributed by atoms with Crippen molar-refractivity contribution < 1.29 is 0 Å². The van der Waals surface area contributed by atoms with Gasteiger partial charge in [0.15, 0.2) is 0 Å². The van der Waals surface area contributed by atoms with Gasteiger partial charge in [-0.2, -0.15) is 0 Å². The van der Waals surface area contributed by atoms with Crippen LogP contribution in [0.15, 0.2) is 0 Å². The highest BCUT2D eigenvalue weighted by Gasteiger charge is 2.28. The number of nitrogens with zero attached hydrogens (tertiary/aromatic N) is 1. The number of hydrogen-bond acceptors (Lipinski definition) is 2. The Labute approximate surface area is 94.4 Å². The van der Waals surface area contributed by atoms with Crippen LogP contribution in [0.5, 0.6) is 0 Å². The van der Waals surface area contributed by atoms with Crippen molar-refractivity contribution >= 4 is 0 Å². The predicted octanol–water partition coefficient (Wildman–Crippen LogP) is 2.11. The number of likely N-dealkylation sites (tertiary alicyclic amines) is 1. The average Bonchev–Trinajstić information content (AvgIpc) is 2.83. The molecule has 0 aromatic heterocycles. The molecule has 15 heavy (non-hydrogen) atoms. The summed E-state index contributed by atoms with van der Waals surface area (Å²) in [6.07, 6.45) is 5.64. The van der Waals surface area contributed by atoms with Gasteiger partial charge in [0.05, 0.1) is 0 Å². The smallest absolute Gasteiger partial charge is 0.0107 e. The molecule has 88 valence electrons. The molecule has 3 atom stereocenters. The Kier molecular flexibility index (Phi) is 4.04. The van der Waals surface area contributed by atoms with Crippen molar-refractivity contribution in [1.82, 2.24) is 10.2 Å². The molecule has 1 saturated heterocycles. The normalized spacial score (nSPS) is 37.6. The van der Waals surface area contributed by atoms with Crippen molar-refractivity contribution in [1.29, 1.82) is 0 Å². The summed E-state index contributed by atoms with van der Waals surface area (Å²) in [5.41, 5.74) is 0. The van der Waals surface area contributed by atoms with Crippen LogP contribution in [-0.4, -0.2) is 37.1 Å². The summed E-state index contributed by atoms with van der Waals surface area (Å²) in [7, 11) is 0. The van der Waals surface area contributed by atoms with Crippen molar-refractivity contribution in [2.45, 2.75) is 45.6 Å². The van der Waals surface area contributed by atoms with E-state index in [1.807, 2.05) is 0 Å². The van der Waals surface area contributed by atoms with E-state index >= 15 is 0 Å². The van der Waals surface area contributed by atoms with Gasteiger partial charge in [-0.25, -0.2) is 0 Å². The van der Waals surface area contributed by atoms with Crippen LogP contribution in [0.1, 0.15) is 39.5 Å². The van der Waals surface area contributed by atoms with E-state index in [0.29, 0.717) is 0 Å². The molecule has 1 aliphatic carbocycles. The van der Waals surface area contributed by atoms with Gasteiger partial charge in [-0.3, -0.25) is 0 Å². The topological polar surface area (TPSA) is 15.3 Å². The van der Waals surface area contributed by atoms with Crippen LogP contribution in [0, 0.1) is 11.8 Å². The van der Waals surface area contributed by atoms with Crippen LogP contribution < -0.4 is 5.32 Å².